The van der Waals surface area contributed by atoms with Gasteiger partial charge in [0.2, 0.25) is 0 Å². The highest BCUT2D eigenvalue weighted by Crippen LogP contribution is 2.39. The molecule has 0 saturated carbocycles. The van der Waals surface area contributed by atoms with E-state index >= 15 is 0 Å². The molecular formula is C24H19ClFN3O. The lowest BCUT2D eigenvalue weighted by Gasteiger charge is -2.36. The molecular weight excluding hydrogens is 401 g/mol. The Balaban J connectivity index is 1.60. The molecule has 0 saturated heterocycles. The minimum Gasteiger partial charge on any atom is -0.356 e. The van der Waals surface area contributed by atoms with Gasteiger partial charge in [0.1, 0.15) is 5.82 Å². The summed E-state index contributed by atoms with van der Waals surface area (Å²) >= 11 is 6.23. The first-order valence-electron chi connectivity index (χ1n) is 9.78. The number of carbonyl (C=O) groups excluding carboxylic acids is 1. The second-order valence-electron chi connectivity index (χ2n) is 7.40. The summed E-state index contributed by atoms with van der Waals surface area (Å²) in [5.41, 5.74) is 4.63. The van der Waals surface area contributed by atoms with Gasteiger partial charge in [-0.3, -0.25) is 0 Å². The summed E-state index contributed by atoms with van der Waals surface area (Å²) < 4.78 is 13.6. The van der Waals surface area contributed by atoms with Crippen LogP contribution < -0.4 is 5.32 Å². The van der Waals surface area contributed by atoms with E-state index in [2.05, 4.69) is 10.3 Å². The van der Waals surface area contributed by atoms with Crippen molar-refractivity contribution in [3.63, 3.8) is 0 Å². The Labute approximate surface area is 178 Å². The monoisotopic (exact) mass is 419 g/mol. The van der Waals surface area contributed by atoms with Crippen LogP contribution in [0.3, 0.4) is 0 Å². The van der Waals surface area contributed by atoms with Crippen molar-refractivity contribution in [2.75, 3.05) is 11.9 Å². The summed E-state index contributed by atoms with van der Waals surface area (Å²) in [5.74, 6) is -0.307. The second-order valence-corrected chi connectivity index (χ2v) is 7.84. The van der Waals surface area contributed by atoms with Crippen LogP contribution in [0.15, 0.2) is 72.8 Å². The smallest absolute Gasteiger partial charge is 0.322 e. The number of hydrogen-bond donors (Lipinski definition) is 2. The van der Waals surface area contributed by atoms with Crippen molar-refractivity contribution in [3.05, 3.63) is 100 Å². The summed E-state index contributed by atoms with van der Waals surface area (Å²) in [4.78, 5) is 18.5. The van der Waals surface area contributed by atoms with Crippen molar-refractivity contribution in [2.24, 2.45) is 0 Å². The van der Waals surface area contributed by atoms with Gasteiger partial charge < -0.3 is 15.2 Å². The molecule has 5 rings (SSSR count). The molecule has 0 fully saturated rings. The predicted octanol–water partition coefficient (Wildman–Crippen LogP) is 6.14. The number of benzene rings is 3. The Morgan fingerprint density at radius 3 is 2.60 bits per heavy atom. The number of carbonyl (C=O) groups is 1. The van der Waals surface area contributed by atoms with Crippen molar-refractivity contribution in [1.29, 1.82) is 0 Å². The molecule has 1 aliphatic heterocycles. The average molecular weight is 420 g/mol. The molecule has 0 radical (unpaired) electrons. The molecule has 150 valence electrons. The van der Waals surface area contributed by atoms with Gasteiger partial charge in [-0.1, -0.05) is 41.9 Å². The summed E-state index contributed by atoms with van der Waals surface area (Å²) in [6, 6.07) is 20.9. The number of nitrogens with zero attached hydrogens (tertiary/aromatic N) is 1. The highest BCUT2D eigenvalue weighted by molar-refractivity contribution is 6.31. The zero-order valence-electron chi connectivity index (χ0n) is 16.0. The molecule has 1 aliphatic rings. The third kappa shape index (κ3) is 3.31. The molecule has 0 aliphatic carbocycles. The number of aromatic nitrogens is 1. The molecule has 1 aromatic heterocycles. The van der Waals surface area contributed by atoms with Crippen molar-refractivity contribution in [1.82, 2.24) is 9.88 Å². The number of aromatic amines is 1. The van der Waals surface area contributed by atoms with Crippen LogP contribution in [0.5, 0.6) is 0 Å². The maximum absolute atomic E-state index is 13.6. The van der Waals surface area contributed by atoms with E-state index in [4.69, 9.17) is 11.6 Å². The third-order valence-electron chi connectivity index (χ3n) is 5.56. The average Bonchev–Trinajstić information content (AvgIpc) is 3.12. The first-order chi connectivity index (χ1) is 14.6. The van der Waals surface area contributed by atoms with Crippen LogP contribution in [0.1, 0.15) is 22.9 Å². The molecule has 2 amide bonds. The number of nitrogens with one attached hydrogen (secondary N) is 2. The molecule has 6 heteroatoms. The predicted molar refractivity (Wildman–Crippen MR) is 117 cm³/mol. The standard InChI is InChI=1S/C24H19ClFN3O/c25-16-8-11-21-20(14-16)19-12-13-29(24(30)27-18-4-2-1-3-5-18)23(22(19)28-21)15-6-9-17(26)10-7-15/h1-11,14,23,28H,12-13H2,(H,27,30). The van der Waals surface area contributed by atoms with Crippen LogP contribution in [-0.2, 0) is 6.42 Å². The lowest BCUT2D eigenvalue weighted by atomic mass is 9.92. The Kier molecular flexibility index (Phi) is 4.68. The van der Waals surface area contributed by atoms with Crippen LogP contribution in [0, 0.1) is 5.82 Å². The lowest BCUT2D eigenvalue weighted by Crippen LogP contribution is -2.43. The Morgan fingerprint density at radius 2 is 1.83 bits per heavy atom. The zero-order valence-corrected chi connectivity index (χ0v) is 16.8. The van der Waals surface area contributed by atoms with E-state index in [1.165, 1.54) is 12.1 Å². The van der Waals surface area contributed by atoms with Crippen molar-refractivity contribution in [2.45, 2.75) is 12.5 Å². The molecule has 0 bridgehead atoms. The first kappa shape index (κ1) is 18.7. The number of amides is 2. The molecule has 3 aromatic carbocycles. The summed E-state index contributed by atoms with van der Waals surface area (Å²) in [5, 5.41) is 4.71. The Bertz CT molecular complexity index is 1220. The number of urea groups is 1. The van der Waals surface area contributed by atoms with Gasteiger partial charge in [-0.15, -0.1) is 0 Å². The number of hydrogen-bond acceptors (Lipinski definition) is 1. The van der Waals surface area contributed by atoms with Gasteiger partial charge in [0.05, 0.1) is 6.04 Å². The van der Waals surface area contributed by atoms with E-state index in [1.807, 2.05) is 48.5 Å². The van der Waals surface area contributed by atoms with E-state index in [9.17, 15) is 9.18 Å². The van der Waals surface area contributed by atoms with Gasteiger partial charge in [-0.05, 0) is 60.0 Å². The van der Waals surface area contributed by atoms with E-state index in [0.717, 1.165) is 33.4 Å². The number of fused-ring (bicyclic) bond motifs is 3. The topological polar surface area (TPSA) is 48.1 Å². The van der Waals surface area contributed by atoms with Crippen LogP contribution in [0.2, 0.25) is 5.02 Å². The fraction of sp³-hybridized carbons (Fsp3) is 0.125. The van der Waals surface area contributed by atoms with E-state index < -0.39 is 0 Å². The van der Waals surface area contributed by atoms with Gasteiger partial charge in [0, 0.05) is 33.9 Å². The fourth-order valence-electron chi connectivity index (χ4n) is 4.19. The summed E-state index contributed by atoms with van der Waals surface area (Å²) in [6.07, 6.45) is 0.704. The number of rotatable bonds is 2. The molecule has 0 spiro atoms. The molecule has 2 heterocycles. The van der Waals surface area contributed by atoms with Crippen LogP contribution in [-0.4, -0.2) is 22.5 Å². The molecule has 2 N–H and O–H groups in total. The lowest BCUT2D eigenvalue weighted by molar-refractivity contribution is 0.193. The van der Waals surface area contributed by atoms with Crippen molar-refractivity contribution >= 4 is 34.2 Å². The summed E-state index contributed by atoms with van der Waals surface area (Å²) in [6.45, 7) is 0.535. The Morgan fingerprint density at radius 1 is 1.07 bits per heavy atom. The quantitative estimate of drug-likeness (QED) is 0.402. The van der Waals surface area contributed by atoms with E-state index in [-0.39, 0.29) is 17.9 Å². The van der Waals surface area contributed by atoms with Gasteiger partial charge in [0.15, 0.2) is 0 Å². The van der Waals surface area contributed by atoms with Gasteiger partial charge in [0.25, 0.3) is 0 Å². The summed E-state index contributed by atoms with van der Waals surface area (Å²) in [7, 11) is 0. The number of anilines is 1. The van der Waals surface area contributed by atoms with Crippen LogP contribution in [0.25, 0.3) is 10.9 Å². The third-order valence-corrected chi connectivity index (χ3v) is 5.80. The van der Waals surface area contributed by atoms with E-state index in [1.54, 1.807) is 17.0 Å². The maximum atomic E-state index is 13.6. The molecule has 30 heavy (non-hydrogen) atoms. The SMILES string of the molecule is O=C(Nc1ccccc1)N1CCc2c([nH]c3ccc(Cl)cc23)C1c1ccc(F)cc1. The van der Waals surface area contributed by atoms with Crippen LogP contribution in [0.4, 0.5) is 14.9 Å². The van der Waals surface area contributed by atoms with Crippen molar-refractivity contribution < 1.29 is 9.18 Å². The highest BCUT2D eigenvalue weighted by atomic mass is 35.5. The fourth-order valence-corrected chi connectivity index (χ4v) is 4.36. The van der Waals surface area contributed by atoms with Gasteiger partial charge in [-0.25, -0.2) is 9.18 Å². The molecule has 4 nitrogen and oxygen atoms in total. The van der Waals surface area contributed by atoms with Crippen molar-refractivity contribution in [3.8, 4) is 0 Å². The largest absolute Gasteiger partial charge is 0.356 e. The number of halogens is 2. The van der Waals surface area contributed by atoms with Gasteiger partial charge >= 0.3 is 6.03 Å². The Hall–Kier alpha value is -3.31. The minimum absolute atomic E-state index is 0.196. The molecule has 4 aromatic rings. The molecule has 1 atom stereocenters. The van der Waals surface area contributed by atoms with E-state index in [0.29, 0.717) is 18.0 Å². The second kappa shape index (κ2) is 7.50. The minimum atomic E-state index is -0.357. The number of para-hydroxylation sites is 1. The number of H-pyrrole nitrogens is 1. The van der Waals surface area contributed by atoms with Gasteiger partial charge in [-0.2, -0.15) is 0 Å². The normalized spacial score (nSPS) is 15.8. The highest BCUT2D eigenvalue weighted by Gasteiger charge is 2.34. The van der Waals surface area contributed by atoms with Crippen LogP contribution >= 0.6 is 11.6 Å². The first-order valence-corrected chi connectivity index (χ1v) is 10.2. The zero-order chi connectivity index (χ0) is 20.7. The maximum Gasteiger partial charge on any atom is 0.322 e. The molecule has 1 unspecified atom stereocenters.